The van der Waals surface area contributed by atoms with Crippen LogP contribution in [0.5, 0.6) is 28.7 Å². The molecule has 64 heavy (non-hydrogen) atoms. The summed E-state index contributed by atoms with van der Waals surface area (Å²) in [5.74, 6) is 5.16. The van der Waals surface area contributed by atoms with Gasteiger partial charge in [0.15, 0.2) is 28.8 Å². The largest absolute Gasteiger partial charge is 0.508 e. The van der Waals surface area contributed by atoms with E-state index >= 15 is 0 Å². The van der Waals surface area contributed by atoms with Gasteiger partial charge in [0.05, 0.1) is 33.7 Å². The predicted molar refractivity (Wildman–Crippen MR) is 260 cm³/mol. The van der Waals surface area contributed by atoms with Crippen molar-refractivity contribution in [3.8, 4) is 28.7 Å². The maximum absolute atomic E-state index is 13.0. The molecular formula is C53H52O8S3. The fourth-order valence-corrected chi connectivity index (χ4v) is 12.0. The number of benzene rings is 6. The van der Waals surface area contributed by atoms with E-state index in [-0.39, 0.29) is 33.6 Å². The summed E-state index contributed by atoms with van der Waals surface area (Å²) < 4.78 is 20.2. The van der Waals surface area contributed by atoms with E-state index in [9.17, 15) is 19.5 Å². The molecule has 0 amide bonds. The molecule has 0 aliphatic carbocycles. The summed E-state index contributed by atoms with van der Waals surface area (Å²) in [5, 5.41) is 9.24. The molecule has 0 spiro atoms. The Hall–Kier alpha value is -5.62. The van der Waals surface area contributed by atoms with Gasteiger partial charge >= 0.3 is 0 Å². The van der Waals surface area contributed by atoms with Gasteiger partial charge in [-0.1, -0.05) is 72.3 Å². The molecule has 0 saturated carbocycles. The zero-order valence-corrected chi connectivity index (χ0v) is 39.7. The summed E-state index contributed by atoms with van der Waals surface area (Å²) >= 11 is 4.96. The summed E-state index contributed by atoms with van der Waals surface area (Å²) in [6, 6.07) is 40.1. The van der Waals surface area contributed by atoms with Crippen LogP contribution in [0.1, 0.15) is 101 Å². The number of methoxy groups -OCH3 is 4. The molecule has 11 heteroatoms. The second kappa shape index (κ2) is 19.6. The lowest BCUT2D eigenvalue weighted by atomic mass is 9.88. The van der Waals surface area contributed by atoms with Gasteiger partial charge in [-0.25, -0.2) is 0 Å². The molecule has 4 unspecified atom stereocenters. The van der Waals surface area contributed by atoms with E-state index in [1.165, 1.54) is 0 Å². The molecular weight excluding hydrogens is 861 g/mol. The average Bonchev–Trinajstić information content (AvgIpc) is 3.33. The number of phenolic OH excluding ortho intramolecular Hbond substituents is 1. The van der Waals surface area contributed by atoms with Crippen molar-refractivity contribution < 1.29 is 38.4 Å². The number of Topliss-reactive ketones (excluding diaryl/α,β-unsaturated/α-hetero) is 3. The van der Waals surface area contributed by atoms with E-state index in [4.69, 9.17) is 18.9 Å². The van der Waals surface area contributed by atoms with Crippen LogP contribution in [0.3, 0.4) is 0 Å². The number of carbonyl (C=O) groups excluding carboxylic acids is 3. The summed E-state index contributed by atoms with van der Waals surface area (Å²) in [5.41, 5.74) is 9.59. The Labute approximate surface area is 388 Å². The lowest BCUT2D eigenvalue weighted by Gasteiger charge is -2.33. The van der Waals surface area contributed by atoms with Crippen molar-refractivity contribution in [2.45, 2.75) is 59.2 Å². The third kappa shape index (κ3) is 9.16. The number of ether oxygens (including phenoxy) is 4. The second-order valence-corrected chi connectivity index (χ2v) is 20.2. The fraction of sp³-hybridized carbons (Fsp3) is 0.264. The smallest absolute Gasteiger partial charge is 0.183 e. The molecule has 3 aliphatic heterocycles. The van der Waals surface area contributed by atoms with Gasteiger partial charge in [0, 0.05) is 39.0 Å². The van der Waals surface area contributed by atoms with Gasteiger partial charge in [0.1, 0.15) is 26.7 Å². The number of carbonyl (C=O) groups is 3. The molecule has 4 atom stereocenters. The predicted octanol–water partition coefficient (Wildman–Crippen LogP) is 12.5. The van der Waals surface area contributed by atoms with E-state index in [0.717, 1.165) is 73.1 Å². The Bertz CT molecular complexity index is 2670. The standard InChI is InChI=1S/C18H18O4S.C18H18O3S.C17H16OS/c1-10-15-13(8-9-14(21-2)17(15)22-3)16(20)18(23-10)11-4-6-12(19)7-5-11;1-18(13-4-6-14(20-2)7-5-13)17(19)16-9-8-15(21-3)10-12(16)11-22-18;1-12-8-9-13-11-19-17(2,16(18)15(13)10-12)14-6-4-3-5-7-14/h4-10,18-19H,1-3H3;4-10H,11H2,1-3H3;3-10H,11H2,1-2H3. The van der Waals surface area contributed by atoms with Crippen LogP contribution < -0.4 is 18.9 Å². The summed E-state index contributed by atoms with van der Waals surface area (Å²) in [6.45, 7) is 8.13. The normalized spacial score (nSPS) is 20.8. The molecule has 3 heterocycles. The van der Waals surface area contributed by atoms with Crippen LogP contribution in [0.15, 0.2) is 127 Å². The highest BCUT2D eigenvalue weighted by Gasteiger charge is 2.42. The monoisotopic (exact) mass is 912 g/mol. The maximum Gasteiger partial charge on any atom is 0.183 e. The van der Waals surface area contributed by atoms with E-state index in [2.05, 4.69) is 19.1 Å². The topological polar surface area (TPSA) is 108 Å². The molecule has 330 valence electrons. The van der Waals surface area contributed by atoms with Crippen LogP contribution in [0.4, 0.5) is 0 Å². The zero-order chi connectivity index (χ0) is 45.8. The van der Waals surface area contributed by atoms with Crippen LogP contribution in [-0.4, -0.2) is 50.9 Å². The Balaban J connectivity index is 0.000000144. The van der Waals surface area contributed by atoms with Crippen LogP contribution in [-0.2, 0) is 21.0 Å². The molecule has 0 radical (unpaired) electrons. The van der Waals surface area contributed by atoms with E-state index in [1.54, 1.807) is 94.1 Å². The van der Waals surface area contributed by atoms with Gasteiger partial charge in [0.2, 0.25) is 0 Å². The van der Waals surface area contributed by atoms with E-state index in [1.807, 2.05) is 106 Å². The summed E-state index contributed by atoms with van der Waals surface area (Å²) in [6.07, 6.45) is 0. The number of phenols is 1. The van der Waals surface area contributed by atoms with Crippen molar-refractivity contribution in [1.29, 1.82) is 0 Å². The van der Waals surface area contributed by atoms with Crippen LogP contribution in [0, 0.1) is 6.92 Å². The van der Waals surface area contributed by atoms with Gasteiger partial charge in [-0.15, -0.1) is 35.3 Å². The van der Waals surface area contributed by atoms with Crippen molar-refractivity contribution in [1.82, 2.24) is 0 Å². The highest BCUT2D eigenvalue weighted by atomic mass is 32.2. The highest BCUT2D eigenvalue weighted by molar-refractivity contribution is 8.01. The quantitative estimate of drug-likeness (QED) is 0.165. The van der Waals surface area contributed by atoms with Gasteiger partial charge in [-0.3, -0.25) is 14.4 Å². The molecule has 9 rings (SSSR count). The van der Waals surface area contributed by atoms with Crippen molar-refractivity contribution in [2.24, 2.45) is 0 Å². The van der Waals surface area contributed by atoms with E-state index < -0.39 is 9.49 Å². The molecule has 1 N–H and O–H groups in total. The number of aromatic hydroxyl groups is 1. The number of fused-ring (bicyclic) bond motifs is 3. The second-order valence-electron chi connectivity index (χ2n) is 16.0. The zero-order valence-electron chi connectivity index (χ0n) is 37.2. The SMILES string of the molecule is COc1ccc(C2(C)SCc3cc(OC)ccc3C2=O)cc1.COc1ccc2c(c1OC)C(C)SC(c1ccc(O)cc1)C2=O.Cc1ccc2c(c1)C(=O)C(C)(c1ccccc1)SC2. The van der Waals surface area contributed by atoms with Crippen LogP contribution in [0.2, 0.25) is 0 Å². The summed E-state index contributed by atoms with van der Waals surface area (Å²) in [4.78, 5) is 38.8. The van der Waals surface area contributed by atoms with Gasteiger partial charge in [-0.05, 0) is 116 Å². The minimum Gasteiger partial charge on any atom is -0.508 e. The Kier molecular flexibility index (Phi) is 14.2. The fourth-order valence-electron chi connectivity index (χ4n) is 8.17. The Morgan fingerprint density at radius 1 is 0.594 bits per heavy atom. The molecule has 3 aliphatic rings. The van der Waals surface area contributed by atoms with Gasteiger partial charge in [0.25, 0.3) is 0 Å². The average molecular weight is 913 g/mol. The summed E-state index contributed by atoms with van der Waals surface area (Å²) in [7, 11) is 6.46. The number of hydrogen-bond acceptors (Lipinski definition) is 11. The van der Waals surface area contributed by atoms with Crippen molar-refractivity contribution in [2.75, 3.05) is 28.4 Å². The number of rotatable bonds is 7. The van der Waals surface area contributed by atoms with Crippen LogP contribution >= 0.6 is 35.3 Å². The number of aryl methyl sites for hydroxylation is 1. The molecule has 0 aromatic heterocycles. The minimum atomic E-state index is -0.562. The highest BCUT2D eigenvalue weighted by Crippen LogP contribution is 2.53. The first-order chi connectivity index (χ1) is 30.8. The lowest BCUT2D eigenvalue weighted by molar-refractivity contribution is 0.0939. The molecule has 6 aromatic rings. The lowest BCUT2D eigenvalue weighted by Crippen LogP contribution is -2.33. The Morgan fingerprint density at radius 2 is 1.19 bits per heavy atom. The number of ketones is 3. The van der Waals surface area contributed by atoms with Crippen molar-refractivity contribution in [3.05, 3.63) is 183 Å². The van der Waals surface area contributed by atoms with E-state index in [0.29, 0.717) is 17.1 Å². The van der Waals surface area contributed by atoms with Gasteiger partial charge < -0.3 is 24.1 Å². The molecule has 8 nitrogen and oxygen atoms in total. The first kappa shape index (κ1) is 46.4. The number of thioether (sulfide) groups is 3. The first-order valence-electron chi connectivity index (χ1n) is 20.8. The van der Waals surface area contributed by atoms with Crippen molar-refractivity contribution >= 4 is 52.6 Å². The third-order valence-corrected chi connectivity index (χ3v) is 16.3. The van der Waals surface area contributed by atoms with Crippen LogP contribution in [0.25, 0.3) is 0 Å². The molecule has 0 saturated heterocycles. The Morgan fingerprint density at radius 3 is 1.81 bits per heavy atom. The third-order valence-electron chi connectivity index (χ3n) is 12.0. The molecule has 6 aromatic carbocycles. The molecule has 0 fully saturated rings. The first-order valence-corrected chi connectivity index (χ1v) is 23.7. The number of hydrogen-bond donors (Lipinski definition) is 1. The van der Waals surface area contributed by atoms with Gasteiger partial charge in [-0.2, -0.15) is 0 Å². The minimum absolute atomic E-state index is 0.0507. The molecule has 0 bridgehead atoms. The maximum atomic E-state index is 13.0. The van der Waals surface area contributed by atoms with Crippen molar-refractivity contribution in [3.63, 3.8) is 0 Å².